The number of primary amides is 1. The number of amides is 1. The number of aromatic nitrogens is 4. The van der Waals surface area contributed by atoms with Crippen molar-refractivity contribution in [2.45, 2.75) is 30.9 Å². The van der Waals surface area contributed by atoms with Crippen LogP contribution in [0.5, 0.6) is 0 Å². The highest BCUT2D eigenvalue weighted by molar-refractivity contribution is 7.70. The summed E-state index contributed by atoms with van der Waals surface area (Å²) >= 11 is 6.13. The lowest BCUT2D eigenvalue weighted by atomic mass is 10.1. The van der Waals surface area contributed by atoms with Gasteiger partial charge in [-0.3, -0.25) is 13.9 Å². The van der Waals surface area contributed by atoms with Gasteiger partial charge in [-0.15, -0.1) is 0 Å². The molecule has 0 saturated carbocycles. The van der Waals surface area contributed by atoms with E-state index in [4.69, 9.17) is 36.4 Å². The van der Waals surface area contributed by atoms with Gasteiger partial charge in [-0.25, -0.2) is 4.68 Å². The molecule has 2 aromatic heterocycles. The van der Waals surface area contributed by atoms with Crippen molar-refractivity contribution in [3.05, 3.63) is 47.4 Å². The van der Waals surface area contributed by atoms with Gasteiger partial charge in [-0.2, -0.15) is 15.1 Å². The first-order chi connectivity index (χ1) is 17.3. The molecule has 7 N–H and O–H groups in total. The highest BCUT2D eigenvalue weighted by Gasteiger charge is 2.39. The van der Waals surface area contributed by atoms with Crippen molar-refractivity contribution >= 4 is 49.6 Å². The monoisotopic (exact) mass is 576 g/mol. The van der Waals surface area contributed by atoms with Crippen molar-refractivity contribution in [3.63, 3.8) is 0 Å². The number of halogens is 1. The van der Waals surface area contributed by atoms with Crippen molar-refractivity contribution in [1.29, 1.82) is 0 Å². The quantitative estimate of drug-likeness (QED) is 0.147. The molecule has 1 saturated heterocycles. The summed E-state index contributed by atoms with van der Waals surface area (Å²) in [6, 6.07) is 7.78. The molecule has 0 spiro atoms. The Hall–Kier alpha value is -2.45. The maximum absolute atomic E-state index is 12.1. The van der Waals surface area contributed by atoms with Gasteiger partial charge in [0.25, 0.3) is 0 Å². The van der Waals surface area contributed by atoms with Crippen molar-refractivity contribution in [1.82, 2.24) is 19.7 Å². The van der Waals surface area contributed by atoms with Crippen LogP contribution < -0.4 is 11.1 Å². The Kier molecular flexibility index (Phi) is 8.00. The Morgan fingerprint density at radius 3 is 2.62 bits per heavy atom. The van der Waals surface area contributed by atoms with E-state index in [1.54, 1.807) is 30.3 Å². The fourth-order valence-corrected chi connectivity index (χ4v) is 6.53. The van der Waals surface area contributed by atoms with Gasteiger partial charge in [0.15, 0.2) is 17.8 Å². The average molecular weight is 577 g/mol. The first-order valence-electron chi connectivity index (χ1n) is 10.7. The molecule has 1 aliphatic rings. The topological polar surface area (TPSA) is 232 Å². The summed E-state index contributed by atoms with van der Waals surface area (Å²) in [7, 11) is -9.44. The second-order valence-corrected chi connectivity index (χ2v) is 12.6. The van der Waals surface area contributed by atoms with Crippen LogP contribution in [0.3, 0.4) is 0 Å². The van der Waals surface area contributed by atoms with Gasteiger partial charge in [-0.05, 0) is 17.2 Å². The minimum Gasteiger partial charge on any atom is -0.390 e. The molecule has 1 unspecified atom stereocenters. The fraction of sp³-hybridized carbons (Fsp3) is 0.368. The molecule has 1 amide bonds. The van der Waals surface area contributed by atoms with Gasteiger partial charge < -0.3 is 40.1 Å². The Labute approximate surface area is 214 Å². The molecular weight excluding hydrogens is 554 g/mol. The van der Waals surface area contributed by atoms with Crippen LogP contribution in [0.15, 0.2) is 36.5 Å². The lowest BCUT2D eigenvalue weighted by Crippen LogP contribution is -2.28. The number of nitrogens with zero attached hydrogens (tertiary/aromatic N) is 4. The van der Waals surface area contributed by atoms with Crippen molar-refractivity contribution in [2.24, 2.45) is 5.73 Å². The molecule has 0 bridgehead atoms. The number of carbonyl (C=O) groups excluding carboxylic acids is 1. The van der Waals surface area contributed by atoms with E-state index in [2.05, 4.69) is 20.4 Å². The van der Waals surface area contributed by atoms with Crippen molar-refractivity contribution < 1.29 is 43.0 Å². The standard InChI is InChI=1S/C19H23ClN6O9P2/c20-19-24-17(23-15(16(21)28)10-4-2-1-3-5-10)11-7-22-26(18(11)25-19)14-6-12(27)13(35-14)8-34-37(32,33)9-36(29,30)31/h1-5,7,12-15,27H,6,8-9H2,(H2,21,28)(H,32,33)(H,23,24,25)(H2,29,30,31)/t12-,13+,14+,15-/m0/s1. The summed E-state index contributed by atoms with van der Waals surface area (Å²) in [5.74, 6) is -1.85. The second kappa shape index (κ2) is 10.7. The van der Waals surface area contributed by atoms with Gasteiger partial charge in [0.2, 0.25) is 11.2 Å². The summed E-state index contributed by atoms with van der Waals surface area (Å²) < 4.78 is 34.7. The Morgan fingerprint density at radius 1 is 1.27 bits per heavy atom. The van der Waals surface area contributed by atoms with Crippen LogP contribution in [0, 0.1) is 0 Å². The molecular formula is C19H23ClN6O9P2. The van der Waals surface area contributed by atoms with E-state index in [0.29, 0.717) is 10.9 Å². The summed E-state index contributed by atoms with van der Waals surface area (Å²) in [4.78, 5) is 48.0. The zero-order valence-electron chi connectivity index (χ0n) is 18.9. The number of ether oxygens (including phenoxy) is 1. The summed E-state index contributed by atoms with van der Waals surface area (Å²) in [5, 5.41) is 17.8. The minimum atomic E-state index is -4.81. The number of hydrogen-bond acceptors (Lipinski definition) is 10. The molecule has 1 fully saturated rings. The number of aliphatic hydroxyl groups excluding tert-OH is 1. The number of rotatable bonds is 10. The van der Waals surface area contributed by atoms with E-state index >= 15 is 0 Å². The van der Waals surface area contributed by atoms with Gasteiger partial charge in [0.1, 0.15) is 18.0 Å². The molecule has 0 radical (unpaired) electrons. The van der Waals surface area contributed by atoms with E-state index < -0.39 is 58.1 Å². The molecule has 0 aliphatic carbocycles. The summed E-state index contributed by atoms with van der Waals surface area (Å²) in [6.45, 7) is -0.607. The van der Waals surface area contributed by atoms with E-state index in [9.17, 15) is 23.9 Å². The van der Waals surface area contributed by atoms with Crippen molar-refractivity contribution in [3.8, 4) is 0 Å². The highest BCUT2D eigenvalue weighted by Crippen LogP contribution is 2.55. The molecule has 5 atom stereocenters. The molecule has 15 nitrogen and oxygen atoms in total. The summed E-state index contributed by atoms with van der Waals surface area (Å²) in [5.41, 5.74) is 6.38. The molecule has 200 valence electrons. The average Bonchev–Trinajstić information content (AvgIpc) is 3.37. The molecule has 1 aliphatic heterocycles. The van der Waals surface area contributed by atoms with E-state index in [1.807, 2.05) is 0 Å². The first-order valence-corrected chi connectivity index (χ1v) is 14.6. The fourth-order valence-electron chi connectivity index (χ4n) is 3.80. The van der Waals surface area contributed by atoms with Gasteiger partial charge in [0.05, 0.1) is 24.3 Å². The largest absolute Gasteiger partial charge is 0.390 e. The van der Waals surface area contributed by atoms with Crippen LogP contribution in [0.4, 0.5) is 5.82 Å². The maximum atomic E-state index is 12.1. The third kappa shape index (κ3) is 6.71. The van der Waals surface area contributed by atoms with Gasteiger partial charge >= 0.3 is 15.2 Å². The maximum Gasteiger partial charge on any atom is 0.340 e. The molecule has 18 heteroatoms. The lowest BCUT2D eigenvalue weighted by molar-refractivity contribution is -0.118. The van der Waals surface area contributed by atoms with E-state index in [1.165, 1.54) is 10.9 Å². The van der Waals surface area contributed by atoms with Crippen LogP contribution in [0.2, 0.25) is 5.28 Å². The Balaban J connectivity index is 1.55. The number of anilines is 1. The smallest absolute Gasteiger partial charge is 0.340 e. The van der Waals surface area contributed by atoms with Crippen LogP contribution in [0.25, 0.3) is 11.0 Å². The first kappa shape index (κ1) is 27.6. The number of hydrogen-bond donors (Lipinski definition) is 6. The number of nitrogens with one attached hydrogen (secondary N) is 1. The number of carbonyl (C=O) groups is 1. The SMILES string of the molecule is NC(=O)[C@@H](Nc1nc(Cl)nc2c1cnn2[C@H]1C[C@H](O)[C@@H](COP(=O)(O)CP(=O)(O)O)O1)c1ccccc1. The van der Waals surface area contributed by atoms with Crippen LogP contribution in [0.1, 0.15) is 24.3 Å². The van der Waals surface area contributed by atoms with Crippen LogP contribution in [-0.2, 0) is 23.2 Å². The molecule has 3 aromatic rings. The minimum absolute atomic E-state index is 0.0165. The molecule has 4 rings (SSSR count). The molecule has 1 aromatic carbocycles. The number of nitrogens with two attached hydrogens (primary N) is 1. The lowest BCUT2D eigenvalue weighted by Gasteiger charge is -2.18. The number of aliphatic hydroxyl groups is 1. The predicted octanol–water partition coefficient (Wildman–Crippen LogP) is 1.10. The Bertz CT molecular complexity index is 1390. The van der Waals surface area contributed by atoms with Gasteiger partial charge in [-0.1, -0.05) is 30.3 Å². The number of fused-ring (bicyclic) bond motifs is 1. The highest BCUT2D eigenvalue weighted by atomic mass is 35.5. The second-order valence-electron chi connectivity index (χ2n) is 8.23. The Morgan fingerprint density at radius 2 is 1.97 bits per heavy atom. The zero-order valence-corrected chi connectivity index (χ0v) is 21.4. The predicted molar refractivity (Wildman–Crippen MR) is 130 cm³/mol. The van der Waals surface area contributed by atoms with Crippen LogP contribution in [-0.4, -0.2) is 70.2 Å². The normalized spacial score (nSPS) is 22.6. The molecule has 37 heavy (non-hydrogen) atoms. The van der Waals surface area contributed by atoms with Crippen LogP contribution >= 0.6 is 26.8 Å². The van der Waals surface area contributed by atoms with E-state index in [0.717, 1.165) is 0 Å². The van der Waals surface area contributed by atoms with Gasteiger partial charge in [0, 0.05) is 6.42 Å². The van der Waals surface area contributed by atoms with Crippen molar-refractivity contribution in [2.75, 3.05) is 17.8 Å². The third-order valence-electron chi connectivity index (χ3n) is 5.41. The third-order valence-corrected chi connectivity index (χ3v) is 9.03. The summed E-state index contributed by atoms with van der Waals surface area (Å²) in [6.07, 6.45) is -1.78. The molecule has 3 heterocycles. The number of benzene rings is 1. The van der Waals surface area contributed by atoms with E-state index in [-0.39, 0.29) is 23.2 Å². The zero-order chi connectivity index (χ0) is 27.0.